The number of ether oxygens (including phenoxy) is 1. The van der Waals surface area contributed by atoms with Crippen molar-refractivity contribution < 1.29 is 14.3 Å². The zero-order valence-electron chi connectivity index (χ0n) is 19.7. The van der Waals surface area contributed by atoms with E-state index in [0.717, 1.165) is 28.7 Å². The highest BCUT2D eigenvalue weighted by Crippen LogP contribution is 2.33. The molecule has 0 saturated carbocycles. The van der Waals surface area contributed by atoms with Gasteiger partial charge in [-0.05, 0) is 62.9 Å². The Kier molecular flexibility index (Phi) is 7.88. The molecule has 0 N–H and O–H groups in total. The first-order chi connectivity index (χ1) is 15.8. The van der Waals surface area contributed by atoms with E-state index < -0.39 is 0 Å². The van der Waals surface area contributed by atoms with E-state index in [1.807, 2.05) is 40.7 Å². The van der Waals surface area contributed by atoms with Gasteiger partial charge in [0.1, 0.15) is 5.56 Å². The molecule has 0 bridgehead atoms. The topological polar surface area (TPSA) is 61.2 Å². The fraction of sp³-hybridized carbons (Fsp3) is 0.296. The number of carbonyl (C=O) groups excluding carboxylic acids is 2. The summed E-state index contributed by atoms with van der Waals surface area (Å²) in [6.07, 6.45) is 2.32. The Morgan fingerprint density at radius 2 is 1.73 bits per heavy atom. The van der Waals surface area contributed by atoms with E-state index in [2.05, 4.69) is 5.10 Å². The van der Waals surface area contributed by atoms with Crippen LogP contribution in [0.5, 0.6) is 5.88 Å². The Balaban J connectivity index is 1.98. The number of hydrogen-bond acceptors (Lipinski definition) is 4. The molecule has 0 saturated heterocycles. The number of hydrogen-bond donors (Lipinski definition) is 0. The molecule has 0 aliphatic carbocycles. The molecular formula is C27H29ClN2O3. The van der Waals surface area contributed by atoms with E-state index in [9.17, 15) is 9.59 Å². The van der Waals surface area contributed by atoms with Crippen LogP contribution in [0.15, 0.2) is 54.2 Å². The Bertz CT molecular complexity index is 1210. The van der Waals surface area contributed by atoms with Crippen LogP contribution in [0, 0.1) is 6.92 Å². The van der Waals surface area contributed by atoms with Crippen LogP contribution in [0.1, 0.15) is 71.5 Å². The van der Waals surface area contributed by atoms with Gasteiger partial charge in [0.25, 0.3) is 0 Å². The van der Waals surface area contributed by atoms with Gasteiger partial charge < -0.3 is 4.74 Å². The second kappa shape index (κ2) is 10.6. The summed E-state index contributed by atoms with van der Waals surface area (Å²) < 4.78 is 7.53. The standard InChI is InChI=1S/C27H29ClN2O3/c1-6-14-30-27(33-16-24(31)20-10-8-7-9-11-20)22(15-29-30)26(32)21-12-13-23(28)25(19(21)5)18(4)17(2)3/h7-13,15H,6,14,16H2,1-5H3. The van der Waals surface area contributed by atoms with Crippen LogP contribution in [0.2, 0.25) is 5.02 Å². The maximum absolute atomic E-state index is 13.6. The summed E-state index contributed by atoms with van der Waals surface area (Å²) in [7, 11) is 0. The number of allylic oxidation sites excluding steroid dienone is 2. The van der Waals surface area contributed by atoms with Gasteiger partial charge in [-0.3, -0.25) is 9.59 Å². The highest BCUT2D eigenvalue weighted by Gasteiger charge is 2.24. The van der Waals surface area contributed by atoms with Crippen molar-refractivity contribution in [3.63, 3.8) is 0 Å². The quantitative estimate of drug-likeness (QED) is 0.336. The average Bonchev–Trinajstić information content (AvgIpc) is 3.20. The van der Waals surface area contributed by atoms with Crippen LogP contribution in [0.25, 0.3) is 5.57 Å². The van der Waals surface area contributed by atoms with Gasteiger partial charge in [-0.15, -0.1) is 0 Å². The van der Waals surface area contributed by atoms with E-state index in [0.29, 0.717) is 34.1 Å². The molecule has 0 aliphatic heterocycles. The molecule has 0 unspecified atom stereocenters. The molecule has 2 aromatic carbocycles. The molecule has 172 valence electrons. The van der Waals surface area contributed by atoms with Gasteiger partial charge in [0.15, 0.2) is 18.2 Å². The molecule has 6 heteroatoms. The van der Waals surface area contributed by atoms with Crippen LogP contribution in [-0.4, -0.2) is 28.0 Å². The monoisotopic (exact) mass is 464 g/mol. The number of rotatable bonds is 9. The number of aryl methyl sites for hydroxylation is 1. The molecule has 0 atom stereocenters. The second-order valence-electron chi connectivity index (χ2n) is 8.21. The van der Waals surface area contributed by atoms with Crippen LogP contribution >= 0.6 is 11.6 Å². The SMILES string of the molecule is CCCn1ncc(C(=O)c2ccc(Cl)c(C(C)=C(C)C)c2C)c1OCC(=O)c1ccccc1. The molecule has 0 radical (unpaired) electrons. The van der Waals surface area contributed by atoms with Crippen LogP contribution < -0.4 is 4.74 Å². The smallest absolute Gasteiger partial charge is 0.223 e. The first-order valence-electron chi connectivity index (χ1n) is 11.0. The largest absolute Gasteiger partial charge is 0.469 e. The number of benzene rings is 2. The third kappa shape index (κ3) is 5.25. The summed E-state index contributed by atoms with van der Waals surface area (Å²) >= 11 is 6.49. The molecule has 5 nitrogen and oxygen atoms in total. The highest BCUT2D eigenvalue weighted by atomic mass is 35.5. The summed E-state index contributed by atoms with van der Waals surface area (Å²) in [6, 6.07) is 12.4. The number of Topliss-reactive ketones (excluding diaryl/α,β-unsaturated/α-hetero) is 1. The Hall–Kier alpha value is -3.18. The third-order valence-corrected chi connectivity index (χ3v) is 6.01. The second-order valence-corrected chi connectivity index (χ2v) is 8.62. The molecule has 0 fully saturated rings. The number of halogens is 1. The molecule has 0 aliphatic rings. The summed E-state index contributed by atoms with van der Waals surface area (Å²) in [6.45, 7) is 10.3. The van der Waals surface area contributed by atoms with Gasteiger partial charge in [-0.25, -0.2) is 4.68 Å². The zero-order chi connectivity index (χ0) is 24.1. The van der Waals surface area contributed by atoms with Crippen molar-refractivity contribution in [2.24, 2.45) is 0 Å². The number of aromatic nitrogens is 2. The zero-order valence-corrected chi connectivity index (χ0v) is 20.5. The summed E-state index contributed by atoms with van der Waals surface area (Å²) in [5.74, 6) is -0.0696. The fourth-order valence-electron chi connectivity index (χ4n) is 3.67. The van der Waals surface area contributed by atoms with Crippen molar-refractivity contribution in [2.45, 2.75) is 47.6 Å². The summed E-state index contributed by atoms with van der Waals surface area (Å²) in [5.41, 5.74) is 5.26. The lowest BCUT2D eigenvalue weighted by Crippen LogP contribution is -2.16. The van der Waals surface area contributed by atoms with Gasteiger partial charge >= 0.3 is 0 Å². The van der Waals surface area contributed by atoms with E-state index in [1.165, 1.54) is 6.20 Å². The molecular weight excluding hydrogens is 436 g/mol. The molecule has 33 heavy (non-hydrogen) atoms. The Morgan fingerprint density at radius 3 is 2.36 bits per heavy atom. The lowest BCUT2D eigenvalue weighted by atomic mass is 9.92. The van der Waals surface area contributed by atoms with Crippen molar-refractivity contribution in [3.8, 4) is 5.88 Å². The predicted molar refractivity (Wildman–Crippen MR) is 132 cm³/mol. The summed E-state index contributed by atoms with van der Waals surface area (Å²) in [4.78, 5) is 26.2. The molecule has 1 aromatic heterocycles. The Labute approximate surface area is 200 Å². The van der Waals surface area contributed by atoms with Crippen molar-refractivity contribution in [1.29, 1.82) is 0 Å². The average molecular weight is 465 g/mol. The van der Waals surface area contributed by atoms with Gasteiger partial charge in [0, 0.05) is 22.7 Å². The Morgan fingerprint density at radius 1 is 1.03 bits per heavy atom. The van der Waals surface area contributed by atoms with Gasteiger partial charge in [-0.2, -0.15) is 5.10 Å². The van der Waals surface area contributed by atoms with Gasteiger partial charge in [0.05, 0.1) is 6.20 Å². The van der Waals surface area contributed by atoms with Crippen LogP contribution in [-0.2, 0) is 6.54 Å². The van der Waals surface area contributed by atoms with Crippen LogP contribution in [0.3, 0.4) is 0 Å². The van der Waals surface area contributed by atoms with E-state index in [1.54, 1.807) is 41.1 Å². The normalized spacial score (nSPS) is 10.7. The number of nitrogens with zero attached hydrogens (tertiary/aromatic N) is 2. The molecule has 3 rings (SSSR count). The molecule has 3 aromatic rings. The molecule has 1 heterocycles. The van der Waals surface area contributed by atoms with Gasteiger partial charge in [-0.1, -0.05) is 54.4 Å². The van der Waals surface area contributed by atoms with E-state index in [4.69, 9.17) is 16.3 Å². The first-order valence-corrected chi connectivity index (χ1v) is 11.4. The van der Waals surface area contributed by atoms with Crippen molar-refractivity contribution >= 4 is 28.7 Å². The van der Waals surface area contributed by atoms with Gasteiger partial charge in [0.2, 0.25) is 5.88 Å². The third-order valence-electron chi connectivity index (χ3n) is 5.69. The predicted octanol–water partition coefficient (Wildman–Crippen LogP) is 6.56. The van der Waals surface area contributed by atoms with E-state index in [-0.39, 0.29) is 18.2 Å². The lowest BCUT2D eigenvalue weighted by Gasteiger charge is -2.15. The maximum atomic E-state index is 13.6. The minimum absolute atomic E-state index is 0.164. The highest BCUT2D eigenvalue weighted by molar-refractivity contribution is 6.32. The van der Waals surface area contributed by atoms with Crippen molar-refractivity contribution in [2.75, 3.05) is 6.61 Å². The fourth-order valence-corrected chi connectivity index (χ4v) is 4.02. The minimum atomic E-state index is -0.212. The maximum Gasteiger partial charge on any atom is 0.223 e. The molecule has 0 spiro atoms. The number of ketones is 2. The van der Waals surface area contributed by atoms with Crippen molar-refractivity contribution in [1.82, 2.24) is 9.78 Å². The van der Waals surface area contributed by atoms with E-state index >= 15 is 0 Å². The van der Waals surface area contributed by atoms with Crippen molar-refractivity contribution in [3.05, 3.63) is 87.1 Å². The first kappa shape index (κ1) is 24.5. The molecule has 0 amide bonds. The van der Waals surface area contributed by atoms with Crippen LogP contribution in [0.4, 0.5) is 0 Å². The lowest BCUT2D eigenvalue weighted by molar-refractivity contribution is 0.0906. The minimum Gasteiger partial charge on any atom is -0.469 e. The summed E-state index contributed by atoms with van der Waals surface area (Å²) in [5, 5.41) is 4.97. The number of carbonyl (C=O) groups is 2.